The van der Waals surface area contributed by atoms with Crippen LogP contribution in [0.3, 0.4) is 0 Å². The average molecular weight is 534 g/mol. The maximum atomic E-state index is 14.2. The van der Waals surface area contributed by atoms with Gasteiger partial charge in [-0.05, 0) is 24.6 Å². The number of alkyl halides is 2. The molecule has 13 heteroatoms. The quantitative estimate of drug-likeness (QED) is 0.557. The van der Waals surface area contributed by atoms with E-state index in [0.29, 0.717) is 6.07 Å². The molecule has 0 bridgehead atoms. The third-order valence-corrected chi connectivity index (χ3v) is 7.62. The first-order valence-electron chi connectivity index (χ1n) is 10.6. The third-order valence-electron chi connectivity index (χ3n) is 5.86. The van der Waals surface area contributed by atoms with Crippen molar-refractivity contribution < 1.29 is 35.6 Å². The van der Waals surface area contributed by atoms with Crippen LogP contribution in [0.5, 0.6) is 0 Å². The lowest BCUT2D eigenvalue weighted by Gasteiger charge is -2.38. The molecule has 1 unspecified atom stereocenters. The van der Waals surface area contributed by atoms with Gasteiger partial charge < -0.3 is 5.32 Å². The summed E-state index contributed by atoms with van der Waals surface area (Å²) >= 11 is 6.31. The Balaban J connectivity index is 1.80. The minimum Gasteiger partial charge on any atom is -0.351 e. The van der Waals surface area contributed by atoms with E-state index in [0.717, 1.165) is 17.0 Å². The number of anilines is 1. The van der Waals surface area contributed by atoms with Gasteiger partial charge in [0.1, 0.15) is 12.1 Å². The van der Waals surface area contributed by atoms with Crippen molar-refractivity contribution in [1.29, 1.82) is 0 Å². The molecule has 0 radical (unpaired) electrons. The second-order valence-corrected chi connectivity index (χ2v) is 10.8. The zero-order valence-electron chi connectivity index (χ0n) is 18.0. The van der Waals surface area contributed by atoms with Crippen molar-refractivity contribution in [3.8, 4) is 0 Å². The first kappa shape index (κ1) is 25.4. The highest BCUT2D eigenvalue weighted by Gasteiger charge is 2.48. The Labute approximate surface area is 203 Å². The maximum Gasteiger partial charge on any atom is 0.252 e. The smallest absolute Gasteiger partial charge is 0.252 e. The van der Waals surface area contributed by atoms with Crippen LogP contribution in [0, 0.1) is 11.6 Å². The fraction of sp³-hybridized carbons (Fsp3) is 0.364. The Hall–Kier alpha value is -2.70. The van der Waals surface area contributed by atoms with Crippen molar-refractivity contribution >= 4 is 39.1 Å². The van der Waals surface area contributed by atoms with Crippen LogP contribution < -0.4 is 14.9 Å². The van der Waals surface area contributed by atoms with Gasteiger partial charge >= 0.3 is 0 Å². The van der Waals surface area contributed by atoms with Gasteiger partial charge in [-0.25, -0.2) is 30.7 Å². The van der Waals surface area contributed by atoms with Crippen LogP contribution in [0.25, 0.3) is 0 Å². The fourth-order valence-electron chi connectivity index (χ4n) is 4.13. The van der Waals surface area contributed by atoms with Crippen LogP contribution in [0.1, 0.15) is 30.9 Å². The molecule has 2 fully saturated rings. The first-order chi connectivity index (χ1) is 16.4. The van der Waals surface area contributed by atoms with E-state index in [1.165, 1.54) is 18.2 Å². The van der Waals surface area contributed by atoms with Crippen molar-refractivity contribution in [3.05, 3.63) is 64.7 Å². The molecule has 2 amide bonds. The molecule has 1 aliphatic carbocycles. The Kier molecular flexibility index (Phi) is 6.82. The van der Waals surface area contributed by atoms with Crippen LogP contribution >= 0.6 is 11.6 Å². The van der Waals surface area contributed by atoms with E-state index in [-0.39, 0.29) is 28.4 Å². The molecule has 0 spiro atoms. The molecular formula is C22H20ClF4N3O4S. The summed E-state index contributed by atoms with van der Waals surface area (Å²) in [5, 5.41) is 2.50. The number of rotatable bonds is 6. The van der Waals surface area contributed by atoms with Gasteiger partial charge in [0.15, 0.2) is 11.6 Å². The number of hydrogen-bond acceptors (Lipinski definition) is 4. The summed E-state index contributed by atoms with van der Waals surface area (Å²) in [5.41, 5.74) is -0.171. The van der Waals surface area contributed by atoms with Crippen molar-refractivity contribution in [1.82, 2.24) is 10.0 Å². The maximum absolute atomic E-state index is 14.2. The number of carbonyl (C=O) groups excluding carboxylic acids is 2. The number of benzene rings is 2. The van der Waals surface area contributed by atoms with Crippen molar-refractivity contribution in [2.75, 3.05) is 10.7 Å². The molecule has 2 N–H and O–H groups in total. The second kappa shape index (κ2) is 9.40. The molecule has 1 heterocycles. The lowest BCUT2D eigenvalue weighted by Crippen LogP contribution is -2.55. The number of amides is 2. The summed E-state index contributed by atoms with van der Waals surface area (Å²) in [5.74, 6) is -7.62. The zero-order valence-corrected chi connectivity index (χ0v) is 19.6. The minimum absolute atomic E-state index is 0.0407. The normalized spacial score (nSPS) is 21.7. The second-order valence-electron chi connectivity index (χ2n) is 8.48. The van der Waals surface area contributed by atoms with E-state index < -0.39 is 70.4 Å². The lowest BCUT2D eigenvalue weighted by molar-refractivity contribution is -0.133. The predicted octanol–water partition coefficient (Wildman–Crippen LogP) is 3.30. The Morgan fingerprint density at radius 3 is 2.37 bits per heavy atom. The van der Waals surface area contributed by atoms with Gasteiger partial charge in [0.05, 0.1) is 5.75 Å². The Morgan fingerprint density at radius 1 is 1.11 bits per heavy atom. The zero-order chi connectivity index (χ0) is 25.5. The average Bonchev–Trinajstić information content (AvgIpc) is 3.13. The van der Waals surface area contributed by atoms with Gasteiger partial charge in [-0.1, -0.05) is 29.8 Å². The third kappa shape index (κ3) is 5.44. The van der Waals surface area contributed by atoms with Crippen molar-refractivity contribution in [3.63, 3.8) is 0 Å². The van der Waals surface area contributed by atoms with Gasteiger partial charge in [0.2, 0.25) is 21.8 Å². The summed E-state index contributed by atoms with van der Waals surface area (Å²) in [7, 11) is -3.76. The molecule has 1 aliphatic heterocycles. The highest BCUT2D eigenvalue weighted by molar-refractivity contribution is 7.89. The number of hydrogen-bond donors (Lipinski definition) is 2. The van der Waals surface area contributed by atoms with E-state index in [1.54, 1.807) is 6.07 Å². The summed E-state index contributed by atoms with van der Waals surface area (Å²) in [6.45, 7) is 0. The number of carbonyl (C=O) groups is 2. The number of nitrogens with zero attached hydrogens (tertiary/aromatic N) is 1. The van der Waals surface area contributed by atoms with Crippen LogP contribution in [0.4, 0.5) is 23.2 Å². The highest BCUT2D eigenvalue weighted by atomic mass is 35.5. The van der Waals surface area contributed by atoms with E-state index in [9.17, 15) is 35.6 Å². The first-order valence-corrected chi connectivity index (χ1v) is 12.6. The van der Waals surface area contributed by atoms with Crippen molar-refractivity contribution in [2.45, 2.75) is 43.3 Å². The number of nitrogens with one attached hydrogen (secondary N) is 2. The molecule has 35 heavy (non-hydrogen) atoms. The molecule has 188 valence electrons. The molecule has 2 aromatic carbocycles. The number of sulfonamides is 1. The SMILES string of the molecule is O=C(NC1CC(F)(F)C1)C(c1ccccc1Cl)N(C(=O)[C@@H]1CCS(=O)(=O)N1)c1ccc(F)c(F)c1. The predicted molar refractivity (Wildman–Crippen MR) is 119 cm³/mol. The standard InChI is InChI=1S/C22H20ClF4N3O4S/c23-15-4-2-1-3-14(15)19(20(31)28-12-10-22(26,27)11-12)30(13-5-6-16(24)17(25)9-13)21(32)18-7-8-35(33,34)29-18/h1-6,9,12,18-19,29H,7-8,10-11H2,(H,28,31)/t18-,19?/m0/s1. The van der Waals surface area contributed by atoms with E-state index in [2.05, 4.69) is 10.0 Å². The van der Waals surface area contributed by atoms with E-state index in [4.69, 9.17) is 11.6 Å². The van der Waals surface area contributed by atoms with Gasteiger partial charge in [-0.15, -0.1) is 0 Å². The fourth-order valence-corrected chi connectivity index (χ4v) is 5.68. The summed E-state index contributed by atoms with van der Waals surface area (Å²) < 4.78 is 80.6. The molecule has 2 atom stereocenters. The monoisotopic (exact) mass is 533 g/mol. The molecule has 1 saturated carbocycles. The molecular weight excluding hydrogens is 514 g/mol. The molecule has 4 rings (SSSR count). The van der Waals surface area contributed by atoms with Crippen LogP contribution in [0.15, 0.2) is 42.5 Å². The molecule has 7 nitrogen and oxygen atoms in total. The van der Waals surface area contributed by atoms with Crippen LogP contribution in [-0.4, -0.2) is 44.0 Å². The van der Waals surface area contributed by atoms with E-state index >= 15 is 0 Å². The summed E-state index contributed by atoms with van der Waals surface area (Å²) in [6, 6.07) is 4.64. The molecule has 2 aliphatic rings. The minimum atomic E-state index is -3.76. The molecule has 2 aromatic rings. The highest BCUT2D eigenvalue weighted by Crippen LogP contribution is 2.39. The largest absolute Gasteiger partial charge is 0.351 e. The van der Waals surface area contributed by atoms with Crippen molar-refractivity contribution in [2.24, 2.45) is 0 Å². The van der Waals surface area contributed by atoms with Gasteiger partial charge in [0, 0.05) is 41.2 Å². The summed E-state index contributed by atoms with van der Waals surface area (Å²) in [6.07, 6.45) is -1.34. The Morgan fingerprint density at radius 2 is 1.80 bits per heavy atom. The van der Waals surface area contributed by atoms with Gasteiger partial charge in [0.25, 0.3) is 5.92 Å². The van der Waals surface area contributed by atoms with Crippen LogP contribution in [0.2, 0.25) is 5.02 Å². The molecule has 1 saturated heterocycles. The lowest BCUT2D eigenvalue weighted by atomic mass is 9.87. The van der Waals surface area contributed by atoms with Gasteiger partial charge in [-0.2, -0.15) is 0 Å². The Bertz CT molecular complexity index is 1270. The summed E-state index contributed by atoms with van der Waals surface area (Å²) in [4.78, 5) is 27.8. The topological polar surface area (TPSA) is 95.6 Å². The van der Waals surface area contributed by atoms with Gasteiger partial charge in [-0.3, -0.25) is 14.5 Å². The molecule has 0 aromatic heterocycles. The van der Waals surface area contributed by atoms with Crippen LogP contribution in [-0.2, 0) is 19.6 Å². The van der Waals surface area contributed by atoms with E-state index in [1.807, 2.05) is 0 Å². The number of halogens is 5.